The van der Waals surface area contributed by atoms with Crippen molar-refractivity contribution in [3.8, 4) is 0 Å². The van der Waals surface area contributed by atoms with Crippen LogP contribution in [0.4, 0.5) is 5.69 Å². The highest BCUT2D eigenvalue weighted by Crippen LogP contribution is 2.22. The molecule has 1 aromatic heterocycles. The van der Waals surface area contributed by atoms with Gasteiger partial charge in [-0.25, -0.2) is 0 Å². The smallest absolute Gasteiger partial charge is 0.227 e. The van der Waals surface area contributed by atoms with Crippen LogP contribution in [0.2, 0.25) is 0 Å². The van der Waals surface area contributed by atoms with E-state index >= 15 is 0 Å². The van der Waals surface area contributed by atoms with Crippen molar-refractivity contribution in [3.05, 3.63) is 82.7 Å². The lowest BCUT2D eigenvalue weighted by Gasteiger charge is -2.23. The Hall–Kier alpha value is -2.88. The summed E-state index contributed by atoms with van der Waals surface area (Å²) in [5, 5.41) is 3.98. The molecule has 1 amide bonds. The fraction of sp³-hybridized carbons (Fsp3) is 0.273. The Morgan fingerprint density at radius 1 is 1.04 bits per heavy atom. The first-order chi connectivity index (χ1) is 12.5. The van der Waals surface area contributed by atoms with Crippen molar-refractivity contribution in [2.24, 2.45) is 0 Å². The Morgan fingerprint density at radius 3 is 2.46 bits per heavy atom. The summed E-state index contributed by atoms with van der Waals surface area (Å²) in [7, 11) is 0. The summed E-state index contributed by atoms with van der Waals surface area (Å²) in [4.78, 5) is 14.9. The Morgan fingerprint density at radius 2 is 1.81 bits per heavy atom. The zero-order valence-electron chi connectivity index (χ0n) is 15.5. The Balaban J connectivity index is 1.81. The van der Waals surface area contributed by atoms with Crippen LogP contribution in [0.3, 0.4) is 0 Å². The molecule has 1 heterocycles. The zero-order valence-corrected chi connectivity index (χ0v) is 15.5. The van der Waals surface area contributed by atoms with Gasteiger partial charge in [0.05, 0.1) is 12.2 Å². The highest BCUT2D eigenvalue weighted by molar-refractivity contribution is 5.93. The molecule has 0 unspecified atom stereocenters. The molecule has 0 N–H and O–H groups in total. The molecule has 0 saturated carbocycles. The molecule has 0 atom stereocenters. The number of carbonyl (C=O) groups excluding carboxylic acids is 1. The van der Waals surface area contributed by atoms with Crippen molar-refractivity contribution in [2.75, 3.05) is 4.90 Å². The van der Waals surface area contributed by atoms with E-state index in [4.69, 9.17) is 4.52 Å². The lowest BCUT2D eigenvalue weighted by atomic mass is 10.1. The monoisotopic (exact) mass is 348 g/mol. The minimum absolute atomic E-state index is 0.0967. The zero-order chi connectivity index (χ0) is 18.5. The van der Waals surface area contributed by atoms with Gasteiger partial charge < -0.3 is 9.42 Å². The van der Waals surface area contributed by atoms with Gasteiger partial charge in [-0.2, -0.15) is 0 Å². The molecule has 0 radical (unpaired) electrons. The standard InChI is InChI=1S/C22H24N2O2/c1-16-8-7-11-20(14-16)24(15-19-9-5-4-6-10-19)22(25)13-12-21-17(2)23-26-18(21)3/h4-11,14H,12-13,15H2,1-3H3. The predicted octanol–water partition coefficient (Wildman–Crippen LogP) is 4.77. The fourth-order valence-electron chi connectivity index (χ4n) is 3.11. The average Bonchev–Trinajstić information content (AvgIpc) is 2.96. The summed E-state index contributed by atoms with van der Waals surface area (Å²) in [6.45, 7) is 6.41. The van der Waals surface area contributed by atoms with Gasteiger partial charge in [0.1, 0.15) is 5.76 Å². The summed E-state index contributed by atoms with van der Waals surface area (Å²) < 4.78 is 5.21. The summed E-state index contributed by atoms with van der Waals surface area (Å²) in [5.41, 5.74) is 5.07. The van der Waals surface area contributed by atoms with Gasteiger partial charge in [-0.3, -0.25) is 4.79 Å². The first-order valence-corrected chi connectivity index (χ1v) is 8.87. The van der Waals surface area contributed by atoms with Crippen LogP contribution >= 0.6 is 0 Å². The van der Waals surface area contributed by atoms with Crippen molar-refractivity contribution >= 4 is 11.6 Å². The maximum atomic E-state index is 13.1. The van der Waals surface area contributed by atoms with E-state index in [9.17, 15) is 4.79 Å². The number of hydrogen-bond acceptors (Lipinski definition) is 3. The van der Waals surface area contributed by atoms with Crippen LogP contribution < -0.4 is 4.90 Å². The molecular weight excluding hydrogens is 324 g/mol. The van der Waals surface area contributed by atoms with Gasteiger partial charge in [0, 0.05) is 17.7 Å². The molecule has 0 aliphatic carbocycles. The third-order valence-corrected chi connectivity index (χ3v) is 4.57. The number of aromatic nitrogens is 1. The highest BCUT2D eigenvalue weighted by Gasteiger charge is 2.18. The molecule has 2 aromatic carbocycles. The normalized spacial score (nSPS) is 10.7. The first kappa shape index (κ1) is 17.9. The maximum absolute atomic E-state index is 13.1. The van der Waals surface area contributed by atoms with E-state index in [0.717, 1.165) is 33.8 Å². The number of hydrogen-bond donors (Lipinski definition) is 0. The number of anilines is 1. The first-order valence-electron chi connectivity index (χ1n) is 8.87. The Labute approximate surface area is 154 Å². The van der Waals surface area contributed by atoms with Crippen LogP contribution in [0, 0.1) is 20.8 Å². The Bertz CT molecular complexity index is 865. The van der Waals surface area contributed by atoms with Gasteiger partial charge in [-0.15, -0.1) is 0 Å². The Kier molecular flexibility index (Phi) is 5.52. The molecule has 3 aromatic rings. The molecule has 4 heteroatoms. The summed E-state index contributed by atoms with van der Waals surface area (Å²) in [6.07, 6.45) is 1.06. The van der Waals surface area contributed by atoms with Crippen LogP contribution in [-0.4, -0.2) is 11.1 Å². The largest absolute Gasteiger partial charge is 0.361 e. The molecule has 0 aliphatic rings. The van der Waals surface area contributed by atoms with E-state index < -0.39 is 0 Å². The van der Waals surface area contributed by atoms with E-state index in [0.29, 0.717) is 19.4 Å². The predicted molar refractivity (Wildman–Crippen MR) is 103 cm³/mol. The number of amides is 1. The molecule has 26 heavy (non-hydrogen) atoms. The fourth-order valence-corrected chi connectivity index (χ4v) is 3.11. The second kappa shape index (κ2) is 8.00. The van der Waals surface area contributed by atoms with Crippen LogP contribution in [0.15, 0.2) is 59.1 Å². The van der Waals surface area contributed by atoms with Gasteiger partial charge in [0.15, 0.2) is 0 Å². The van der Waals surface area contributed by atoms with E-state index in [-0.39, 0.29) is 5.91 Å². The third-order valence-electron chi connectivity index (χ3n) is 4.57. The molecule has 0 bridgehead atoms. The highest BCUT2D eigenvalue weighted by atomic mass is 16.5. The molecule has 134 valence electrons. The van der Waals surface area contributed by atoms with Crippen molar-refractivity contribution in [1.29, 1.82) is 0 Å². The summed E-state index contributed by atoms with van der Waals surface area (Å²) in [5.74, 6) is 0.889. The molecule has 3 rings (SSSR count). The summed E-state index contributed by atoms with van der Waals surface area (Å²) >= 11 is 0. The lowest BCUT2D eigenvalue weighted by Crippen LogP contribution is -2.30. The molecule has 4 nitrogen and oxygen atoms in total. The third kappa shape index (κ3) is 4.20. The van der Waals surface area contributed by atoms with Crippen LogP contribution in [-0.2, 0) is 17.8 Å². The van der Waals surface area contributed by atoms with Gasteiger partial charge >= 0.3 is 0 Å². The number of benzene rings is 2. The quantitative estimate of drug-likeness (QED) is 0.645. The number of carbonyl (C=O) groups is 1. The van der Waals surface area contributed by atoms with E-state index in [1.807, 2.05) is 74.2 Å². The average molecular weight is 348 g/mol. The van der Waals surface area contributed by atoms with Crippen molar-refractivity contribution in [3.63, 3.8) is 0 Å². The molecule has 0 aliphatic heterocycles. The van der Waals surface area contributed by atoms with E-state index in [2.05, 4.69) is 11.2 Å². The molecule has 0 saturated heterocycles. The number of nitrogens with zero attached hydrogens (tertiary/aromatic N) is 2. The van der Waals surface area contributed by atoms with E-state index in [1.165, 1.54) is 0 Å². The van der Waals surface area contributed by atoms with Crippen molar-refractivity contribution in [2.45, 2.75) is 40.2 Å². The minimum Gasteiger partial charge on any atom is -0.361 e. The number of rotatable bonds is 6. The number of aryl methyl sites for hydroxylation is 3. The molecule has 0 spiro atoms. The second-order valence-corrected chi connectivity index (χ2v) is 6.61. The van der Waals surface area contributed by atoms with Crippen LogP contribution in [0.25, 0.3) is 0 Å². The van der Waals surface area contributed by atoms with Crippen molar-refractivity contribution < 1.29 is 9.32 Å². The molecule has 0 fully saturated rings. The van der Waals surface area contributed by atoms with Crippen LogP contribution in [0.5, 0.6) is 0 Å². The van der Waals surface area contributed by atoms with E-state index in [1.54, 1.807) is 0 Å². The topological polar surface area (TPSA) is 46.3 Å². The maximum Gasteiger partial charge on any atom is 0.227 e. The van der Waals surface area contributed by atoms with Gasteiger partial charge in [-0.05, 0) is 50.5 Å². The second-order valence-electron chi connectivity index (χ2n) is 6.61. The van der Waals surface area contributed by atoms with Gasteiger partial charge in [0.25, 0.3) is 0 Å². The SMILES string of the molecule is Cc1cccc(N(Cc2ccccc2)C(=O)CCc2c(C)noc2C)c1. The lowest BCUT2D eigenvalue weighted by molar-refractivity contribution is -0.118. The summed E-state index contributed by atoms with van der Waals surface area (Å²) in [6, 6.07) is 18.1. The van der Waals surface area contributed by atoms with Gasteiger partial charge in [0.2, 0.25) is 5.91 Å². The molecular formula is C22H24N2O2. The van der Waals surface area contributed by atoms with Crippen LogP contribution in [0.1, 0.15) is 34.6 Å². The van der Waals surface area contributed by atoms with Crippen molar-refractivity contribution in [1.82, 2.24) is 5.16 Å². The minimum atomic E-state index is 0.0967. The van der Waals surface area contributed by atoms with Gasteiger partial charge in [-0.1, -0.05) is 47.6 Å².